The molecule has 23 heavy (non-hydrogen) atoms. The maximum Gasteiger partial charge on any atom is 0.226 e. The lowest BCUT2D eigenvalue weighted by Gasteiger charge is -2.33. The van der Waals surface area contributed by atoms with Gasteiger partial charge in [-0.2, -0.15) is 0 Å². The van der Waals surface area contributed by atoms with Crippen LogP contribution >= 0.6 is 0 Å². The number of carbonyl (C=O) groups is 1. The smallest absolute Gasteiger partial charge is 0.226 e. The van der Waals surface area contributed by atoms with Crippen LogP contribution in [0, 0.1) is 5.92 Å². The van der Waals surface area contributed by atoms with Crippen LogP contribution in [-0.2, 0) is 27.7 Å². The minimum atomic E-state index is -3.17. The van der Waals surface area contributed by atoms with Crippen LogP contribution < -0.4 is 4.72 Å². The summed E-state index contributed by atoms with van der Waals surface area (Å²) < 4.78 is 24.9. The molecule has 0 bridgehead atoms. The minimum Gasteiger partial charge on any atom is -0.342 e. The van der Waals surface area contributed by atoms with E-state index in [1.54, 1.807) is 0 Å². The number of aryl methyl sites for hydroxylation is 1. The molecule has 1 aliphatic rings. The molecule has 1 saturated heterocycles. The summed E-state index contributed by atoms with van der Waals surface area (Å²) in [6.45, 7) is 3.92. The minimum absolute atomic E-state index is 0.123. The topological polar surface area (TPSA) is 66.5 Å². The molecule has 1 aliphatic heterocycles. The third-order valence-corrected chi connectivity index (χ3v) is 4.98. The van der Waals surface area contributed by atoms with Crippen molar-refractivity contribution in [3.05, 3.63) is 35.4 Å². The molecular weight excluding hydrogens is 312 g/mol. The van der Waals surface area contributed by atoms with Crippen LogP contribution in [0.2, 0.25) is 0 Å². The molecule has 0 spiro atoms. The van der Waals surface area contributed by atoms with E-state index in [9.17, 15) is 13.2 Å². The number of likely N-dealkylation sites (tertiary alicyclic amines) is 1. The molecule has 1 N–H and O–H groups in total. The van der Waals surface area contributed by atoms with E-state index in [1.165, 1.54) is 11.8 Å². The Balaban J connectivity index is 1.88. The normalized spacial score (nSPS) is 18.9. The molecule has 1 fully saturated rings. The summed E-state index contributed by atoms with van der Waals surface area (Å²) in [4.78, 5) is 14.3. The van der Waals surface area contributed by atoms with Gasteiger partial charge in [-0.25, -0.2) is 13.1 Å². The highest BCUT2D eigenvalue weighted by Crippen LogP contribution is 2.17. The van der Waals surface area contributed by atoms with Crippen LogP contribution in [0.25, 0.3) is 0 Å². The Bertz CT molecular complexity index is 626. The van der Waals surface area contributed by atoms with Crippen molar-refractivity contribution in [2.24, 2.45) is 5.92 Å². The molecule has 128 valence electrons. The molecule has 1 atom stereocenters. The second-order valence-corrected chi connectivity index (χ2v) is 8.15. The summed E-state index contributed by atoms with van der Waals surface area (Å²) in [6.07, 6.45) is 4.46. The molecular formula is C17H26N2O3S. The summed E-state index contributed by atoms with van der Waals surface area (Å²) >= 11 is 0. The van der Waals surface area contributed by atoms with Crippen LogP contribution in [-0.4, -0.2) is 45.1 Å². The average Bonchev–Trinajstić information content (AvgIpc) is 2.53. The zero-order chi connectivity index (χ0) is 16.9. The van der Waals surface area contributed by atoms with Crippen molar-refractivity contribution in [1.29, 1.82) is 0 Å². The lowest BCUT2D eigenvalue weighted by Crippen LogP contribution is -2.44. The van der Waals surface area contributed by atoms with Gasteiger partial charge in [-0.15, -0.1) is 0 Å². The van der Waals surface area contributed by atoms with Gasteiger partial charge in [0, 0.05) is 19.6 Å². The van der Waals surface area contributed by atoms with E-state index in [1.807, 2.05) is 17.0 Å². The third kappa shape index (κ3) is 5.95. The number of piperidine rings is 1. The molecule has 6 heteroatoms. The SMILES string of the molecule is CCc1ccc(CC(=O)N2CCC[C@H](CNS(C)(=O)=O)C2)cc1. The van der Waals surface area contributed by atoms with Gasteiger partial charge in [0.15, 0.2) is 0 Å². The van der Waals surface area contributed by atoms with Gasteiger partial charge in [-0.3, -0.25) is 4.79 Å². The van der Waals surface area contributed by atoms with E-state index in [-0.39, 0.29) is 11.8 Å². The fourth-order valence-corrected chi connectivity index (χ4v) is 3.45. The number of amides is 1. The number of nitrogens with zero attached hydrogens (tertiary/aromatic N) is 1. The van der Waals surface area contributed by atoms with Crippen molar-refractivity contribution in [1.82, 2.24) is 9.62 Å². The van der Waals surface area contributed by atoms with Crippen molar-refractivity contribution in [2.75, 3.05) is 25.9 Å². The Morgan fingerprint density at radius 1 is 1.26 bits per heavy atom. The second-order valence-electron chi connectivity index (χ2n) is 6.32. The fraction of sp³-hybridized carbons (Fsp3) is 0.588. The number of rotatable bonds is 6. The Morgan fingerprint density at radius 2 is 1.91 bits per heavy atom. The van der Waals surface area contributed by atoms with Gasteiger partial charge in [0.25, 0.3) is 0 Å². The molecule has 0 saturated carbocycles. The first-order valence-corrected chi connectivity index (χ1v) is 10.1. The predicted molar refractivity (Wildman–Crippen MR) is 91.7 cm³/mol. The van der Waals surface area contributed by atoms with Gasteiger partial charge in [-0.05, 0) is 36.3 Å². The molecule has 5 nitrogen and oxygen atoms in total. The van der Waals surface area contributed by atoms with Gasteiger partial charge in [0.05, 0.1) is 12.7 Å². The molecule has 0 aromatic heterocycles. The van der Waals surface area contributed by atoms with Crippen molar-refractivity contribution < 1.29 is 13.2 Å². The Morgan fingerprint density at radius 3 is 2.52 bits per heavy atom. The van der Waals surface area contributed by atoms with E-state index in [4.69, 9.17) is 0 Å². The van der Waals surface area contributed by atoms with Crippen LogP contribution in [0.1, 0.15) is 30.9 Å². The maximum absolute atomic E-state index is 12.5. The van der Waals surface area contributed by atoms with Gasteiger partial charge in [0.1, 0.15) is 0 Å². The molecule has 2 rings (SSSR count). The van der Waals surface area contributed by atoms with Crippen molar-refractivity contribution in [2.45, 2.75) is 32.6 Å². The summed E-state index contributed by atoms with van der Waals surface area (Å²) in [5, 5.41) is 0. The summed E-state index contributed by atoms with van der Waals surface area (Å²) in [5.41, 5.74) is 2.30. The first kappa shape index (κ1) is 17.9. The predicted octanol–water partition coefficient (Wildman–Crippen LogP) is 1.58. The van der Waals surface area contributed by atoms with Crippen molar-refractivity contribution >= 4 is 15.9 Å². The zero-order valence-electron chi connectivity index (χ0n) is 13.9. The van der Waals surface area contributed by atoms with Gasteiger partial charge < -0.3 is 4.90 Å². The number of hydrogen-bond acceptors (Lipinski definition) is 3. The molecule has 1 aromatic rings. The molecule has 0 unspecified atom stereocenters. The monoisotopic (exact) mass is 338 g/mol. The zero-order valence-corrected chi connectivity index (χ0v) is 14.7. The summed E-state index contributed by atoms with van der Waals surface area (Å²) in [5.74, 6) is 0.322. The van der Waals surface area contributed by atoms with E-state index in [0.29, 0.717) is 19.5 Å². The van der Waals surface area contributed by atoms with Crippen LogP contribution in [0.4, 0.5) is 0 Å². The van der Waals surface area contributed by atoms with Gasteiger partial charge in [-0.1, -0.05) is 31.2 Å². The second kappa shape index (κ2) is 7.93. The lowest BCUT2D eigenvalue weighted by molar-refractivity contribution is -0.132. The maximum atomic E-state index is 12.5. The largest absolute Gasteiger partial charge is 0.342 e. The van der Waals surface area contributed by atoms with Crippen molar-refractivity contribution in [3.8, 4) is 0 Å². The van der Waals surface area contributed by atoms with E-state index in [0.717, 1.165) is 31.4 Å². The number of hydrogen-bond donors (Lipinski definition) is 1. The van der Waals surface area contributed by atoms with E-state index < -0.39 is 10.0 Å². The molecule has 0 radical (unpaired) electrons. The van der Waals surface area contributed by atoms with Crippen LogP contribution in [0.15, 0.2) is 24.3 Å². The van der Waals surface area contributed by atoms with Crippen molar-refractivity contribution in [3.63, 3.8) is 0 Å². The number of benzene rings is 1. The lowest BCUT2D eigenvalue weighted by atomic mass is 9.97. The number of nitrogens with one attached hydrogen (secondary N) is 1. The number of carbonyl (C=O) groups excluding carboxylic acids is 1. The third-order valence-electron chi connectivity index (χ3n) is 4.29. The highest BCUT2D eigenvalue weighted by atomic mass is 32.2. The van der Waals surface area contributed by atoms with Crippen LogP contribution in [0.3, 0.4) is 0 Å². The highest BCUT2D eigenvalue weighted by molar-refractivity contribution is 7.88. The quantitative estimate of drug-likeness (QED) is 0.856. The fourth-order valence-electron chi connectivity index (χ4n) is 2.91. The Hall–Kier alpha value is -1.40. The standard InChI is InChI=1S/C17H26N2O3S/c1-3-14-6-8-15(9-7-14)11-17(20)19-10-4-5-16(13-19)12-18-23(2,21)22/h6-9,16,18H,3-5,10-13H2,1-2H3/t16-/m1/s1. The van der Waals surface area contributed by atoms with E-state index in [2.05, 4.69) is 23.8 Å². The van der Waals surface area contributed by atoms with Gasteiger partial charge in [0.2, 0.25) is 15.9 Å². The Kier molecular flexibility index (Phi) is 6.18. The van der Waals surface area contributed by atoms with Gasteiger partial charge >= 0.3 is 0 Å². The first-order chi connectivity index (χ1) is 10.9. The Labute approximate surface area is 139 Å². The molecule has 0 aliphatic carbocycles. The highest BCUT2D eigenvalue weighted by Gasteiger charge is 2.24. The molecule has 1 aromatic carbocycles. The average molecular weight is 338 g/mol. The molecule has 1 heterocycles. The number of sulfonamides is 1. The summed E-state index contributed by atoms with van der Waals surface area (Å²) in [6, 6.07) is 8.17. The van der Waals surface area contributed by atoms with Crippen LogP contribution in [0.5, 0.6) is 0 Å². The summed E-state index contributed by atoms with van der Waals surface area (Å²) in [7, 11) is -3.17. The van der Waals surface area contributed by atoms with E-state index >= 15 is 0 Å². The first-order valence-electron chi connectivity index (χ1n) is 8.17. The molecule has 1 amide bonds.